The van der Waals surface area contributed by atoms with E-state index in [4.69, 9.17) is 5.11 Å². The molecule has 0 aromatic carbocycles. The van der Waals surface area contributed by atoms with Gasteiger partial charge in [0.25, 0.3) is 0 Å². The molecule has 1 nitrogen and oxygen atoms in total. The van der Waals surface area contributed by atoms with Crippen molar-refractivity contribution >= 4 is 0 Å². The van der Waals surface area contributed by atoms with Gasteiger partial charge in [0, 0.05) is 6.61 Å². The molecule has 1 fully saturated rings. The van der Waals surface area contributed by atoms with E-state index in [0.29, 0.717) is 17.9 Å². The zero-order chi connectivity index (χ0) is 8.32. The molecule has 1 saturated carbocycles. The van der Waals surface area contributed by atoms with E-state index in [0.717, 1.165) is 6.42 Å². The third-order valence-corrected chi connectivity index (χ3v) is 2.88. The Kier molecular flexibility index (Phi) is 2.72. The van der Waals surface area contributed by atoms with Crippen LogP contribution in [0.3, 0.4) is 0 Å². The standard InChI is InChI=1S/C10H18O/c1-3-5-10(6-4-2)7-9(10)8-11/h3,9,11H,1,4-8H2,2H3/t9-,10+/m0/s1. The maximum absolute atomic E-state index is 8.96. The molecule has 0 bridgehead atoms. The van der Waals surface area contributed by atoms with E-state index >= 15 is 0 Å². The summed E-state index contributed by atoms with van der Waals surface area (Å²) < 4.78 is 0. The minimum atomic E-state index is 0.369. The van der Waals surface area contributed by atoms with Crippen molar-refractivity contribution in [2.24, 2.45) is 11.3 Å². The number of rotatable bonds is 5. The lowest BCUT2D eigenvalue weighted by Gasteiger charge is -2.12. The molecule has 0 radical (unpaired) electrons. The minimum Gasteiger partial charge on any atom is -0.396 e. The molecule has 1 aliphatic carbocycles. The second-order valence-corrected chi connectivity index (χ2v) is 3.69. The van der Waals surface area contributed by atoms with Crippen molar-refractivity contribution in [3.63, 3.8) is 0 Å². The molecule has 0 spiro atoms. The number of hydrogen-bond acceptors (Lipinski definition) is 1. The molecule has 0 aromatic rings. The SMILES string of the molecule is C=CC[C@@]1(CCC)C[C@H]1CO. The van der Waals surface area contributed by atoms with Gasteiger partial charge in [-0.3, -0.25) is 0 Å². The fraction of sp³-hybridized carbons (Fsp3) is 0.800. The highest BCUT2D eigenvalue weighted by Crippen LogP contribution is 2.58. The topological polar surface area (TPSA) is 20.2 Å². The highest BCUT2D eigenvalue weighted by molar-refractivity contribution is 5.04. The Morgan fingerprint density at radius 1 is 1.73 bits per heavy atom. The summed E-state index contributed by atoms with van der Waals surface area (Å²) in [5.41, 5.74) is 0.450. The summed E-state index contributed by atoms with van der Waals surface area (Å²) in [6.07, 6.45) is 6.77. The number of aliphatic hydroxyl groups excluding tert-OH is 1. The number of hydrogen-bond donors (Lipinski definition) is 1. The Bertz CT molecular complexity index is 142. The van der Waals surface area contributed by atoms with E-state index < -0.39 is 0 Å². The van der Waals surface area contributed by atoms with E-state index in [1.807, 2.05) is 6.08 Å². The summed E-state index contributed by atoms with van der Waals surface area (Å²) in [6, 6.07) is 0. The van der Waals surface area contributed by atoms with Crippen LogP contribution >= 0.6 is 0 Å². The largest absolute Gasteiger partial charge is 0.396 e. The molecule has 64 valence electrons. The average molecular weight is 154 g/mol. The molecular weight excluding hydrogens is 136 g/mol. The first kappa shape index (κ1) is 8.79. The summed E-state index contributed by atoms with van der Waals surface area (Å²) in [5.74, 6) is 0.570. The molecule has 0 heterocycles. The van der Waals surface area contributed by atoms with Crippen LogP contribution in [0.25, 0.3) is 0 Å². The molecule has 1 heteroatoms. The summed E-state index contributed by atoms with van der Waals surface area (Å²) >= 11 is 0. The summed E-state index contributed by atoms with van der Waals surface area (Å²) in [4.78, 5) is 0. The fourth-order valence-corrected chi connectivity index (χ4v) is 2.13. The van der Waals surface area contributed by atoms with E-state index in [9.17, 15) is 0 Å². The van der Waals surface area contributed by atoms with Crippen molar-refractivity contribution in [1.82, 2.24) is 0 Å². The van der Waals surface area contributed by atoms with Gasteiger partial charge in [0.1, 0.15) is 0 Å². The van der Waals surface area contributed by atoms with E-state index in [1.54, 1.807) is 0 Å². The zero-order valence-corrected chi connectivity index (χ0v) is 7.34. The Morgan fingerprint density at radius 3 is 2.82 bits per heavy atom. The van der Waals surface area contributed by atoms with Crippen LogP contribution in [-0.2, 0) is 0 Å². The lowest BCUT2D eigenvalue weighted by atomic mass is 9.94. The maximum Gasteiger partial charge on any atom is 0.0464 e. The van der Waals surface area contributed by atoms with E-state index in [2.05, 4.69) is 13.5 Å². The van der Waals surface area contributed by atoms with Crippen molar-refractivity contribution in [2.75, 3.05) is 6.61 Å². The molecule has 0 amide bonds. The third kappa shape index (κ3) is 1.64. The predicted molar refractivity (Wildman–Crippen MR) is 47.3 cm³/mol. The molecule has 0 saturated heterocycles. The second kappa shape index (κ2) is 3.40. The van der Waals surface area contributed by atoms with Crippen LogP contribution in [0, 0.1) is 11.3 Å². The fourth-order valence-electron chi connectivity index (χ4n) is 2.13. The van der Waals surface area contributed by atoms with Gasteiger partial charge in [0.2, 0.25) is 0 Å². The first-order valence-electron chi connectivity index (χ1n) is 4.51. The van der Waals surface area contributed by atoms with Gasteiger partial charge in [-0.2, -0.15) is 0 Å². The summed E-state index contributed by atoms with van der Waals surface area (Å²) in [5, 5.41) is 8.96. The lowest BCUT2D eigenvalue weighted by molar-refractivity contribution is 0.244. The van der Waals surface area contributed by atoms with Gasteiger partial charge < -0.3 is 5.11 Å². The Morgan fingerprint density at radius 2 is 2.45 bits per heavy atom. The zero-order valence-electron chi connectivity index (χ0n) is 7.34. The molecule has 11 heavy (non-hydrogen) atoms. The molecule has 0 aromatic heterocycles. The third-order valence-electron chi connectivity index (χ3n) is 2.88. The highest BCUT2D eigenvalue weighted by atomic mass is 16.3. The summed E-state index contributed by atoms with van der Waals surface area (Å²) in [7, 11) is 0. The first-order chi connectivity index (χ1) is 5.29. The van der Waals surface area contributed by atoms with Crippen LogP contribution in [0.15, 0.2) is 12.7 Å². The quantitative estimate of drug-likeness (QED) is 0.603. The average Bonchev–Trinajstić information content (AvgIpc) is 2.65. The van der Waals surface area contributed by atoms with Crippen LogP contribution < -0.4 is 0 Å². The molecule has 0 aliphatic heterocycles. The molecule has 1 N–H and O–H groups in total. The van der Waals surface area contributed by atoms with Gasteiger partial charge in [0.05, 0.1) is 0 Å². The van der Waals surface area contributed by atoms with Crippen molar-refractivity contribution in [3.8, 4) is 0 Å². The van der Waals surface area contributed by atoms with Gasteiger partial charge in [-0.15, -0.1) is 6.58 Å². The van der Waals surface area contributed by atoms with Gasteiger partial charge in [-0.25, -0.2) is 0 Å². The second-order valence-electron chi connectivity index (χ2n) is 3.69. The van der Waals surface area contributed by atoms with Crippen LogP contribution in [0.5, 0.6) is 0 Å². The number of aliphatic hydroxyl groups is 1. The summed E-state index contributed by atoms with van der Waals surface area (Å²) in [6.45, 7) is 6.33. The molecular formula is C10H18O. The molecule has 1 rings (SSSR count). The minimum absolute atomic E-state index is 0.369. The van der Waals surface area contributed by atoms with Crippen molar-refractivity contribution in [2.45, 2.75) is 32.6 Å². The molecule has 1 aliphatic rings. The van der Waals surface area contributed by atoms with E-state index in [1.165, 1.54) is 19.3 Å². The van der Waals surface area contributed by atoms with Gasteiger partial charge >= 0.3 is 0 Å². The monoisotopic (exact) mass is 154 g/mol. The Balaban J connectivity index is 2.40. The van der Waals surface area contributed by atoms with Crippen molar-refractivity contribution in [1.29, 1.82) is 0 Å². The Hall–Kier alpha value is -0.300. The van der Waals surface area contributed by atoms with Crippen LogP contribution in [0.4, 0.5) is 0 Å². The van der Waals surface area contributed by atoms with Gasteiger partial charge in [0.15, 0.2) is 0 Å². The van der Waals surface area contributed by atoms with Crippen molar-refractivity contribution in [3.05, 3.63) is 12.7 Å². The maximum atomic E-state index is 8.96. The first-order valence-corrected chi connectivity index (χ1v) is 4.51. The molecule has 2 atom stereocenters. The highest BCUT2D eigenvalue weighted by Gasteiger charge is 2.51. The predicted octanol–water partition coefficient (Wildman–Crippen LogP) is 2.36. The smallest absolute Gasteiger partial charge is 0.0464 e. The lowest BCUT2D eigenvalue weighted by Crippen LogP contribution is -2.04. The van der Waals surface area contributed by atoms with Crippen LogP contribution in [0.1, 0.15) is 32.6 Å². The normalized spacial score (nSPS) is 35.3. The van der Waals surface area contributed by atoms with Gasteiger partial charge in [-0.05, 0) is 30.6 Å². The van der Waals surface area contributed by atoms with Crippen LogP contribution in [-0.4, -0.2) is 11.7 Å². The Labute approximate surface area is 69.1 Å². The van der Waals surface area contributed by atoms with E-state index in [-0.39, 0.29) is 0 Å². The molecule has 0 unspecified atom stereocenters. The number of allylic oxidation sites excluding steroid dienone is 1. The van der Waals surface area contributed by atoms with Gasteiger partial charge in [-0.1, -0.05) is 19.4 Å². The van der Waals surface area contributed by atoms with Crippen molar-refractivity contribution < 1.29 is 5.11 Å². The van der Waals surface area contributed by atoms with Crippen LogP contribution in [0.2, 0.25) is 0 Å².